The number of carbonyl (C=O) groups excluding carboxylic acids is 5. The number of nitrogens with zero attached hydrogens (tertiary/aromatic N) is 14. The van der Waals surface area contributed by atoms with Gasteiger partial charge in [-0.15, -0.1) is 10.2 Å². The summed E-state index contributed by atoms with van der Waals surface area (Å²) in [5.74, 6) is 1.93. The Bertz CT molecular complexity index is 6480. The zero-order chi connectivity index (χ0) is 106. The van der Waals surface area contributed by atoms with Gasteiger partial charge in [0, 0.05) is 142 Å². The van der Waals surface area contributed by atoms with Gasteiger partial charge in [-0.3, -0.25) is 58.7 Å². The lowest BCUT2D eigenvalue weighted by Gasteiger charge is -2.33. The fourth-order valence-electron chi connectivity index (χ4n) is 19.7. The molecule has 6 aliphatic rings. The van der Waals surface area contributed by atoms with Gasteiger partial charge >= 0.3 is 30.8 Å². The molecule has 0 aliphatic carbocycles. The summed E-state index contributed by atoms with van der Waals surface area (Å²) in [4.78, 5) is 96.7. The molecule has 1 fully saturated rings. The summed E-state index contributed by atoms with van der Waals surface area (Å²) in [6.07, 6.45) is -1.45. The van der Waals surface area contributed by atoms with Gasteiger partial charge in [0.15, 0.2) is 15.7 Å². The molecule has 0 bridgehead atoms. The van der Waals surface area contributed by atoms with E-state index in [0.717, 1.165) is 173 Å². The quantitative estimate of drug-likeness (QED) is 0.0250. The van der Waals surface area contributed by atoms with E-state index in [4.69, 9.17) is 4.74 Å². The van der Waals surface area contributed by atoms with Gasteiger partial charge in [-0.25, -0.2) is 18.2 Å². The molecule has 39 heteroatoms. The zero-order valence-corrected chi connectivity index (χ0v) is 84.7. The first kappa shape index (κ1) is 110. The second-order valence-electron chi connectivity index (χ2n) is 40.5. The van der Waals surface area contributed by atoms with Crippen LogP contribution in [0.3, 0.4) is 0 Å². The lowest BCUT2D eigenvalue weighted by Crippen LogP contribution is -2.43. The second-order valence-corrected chi connectivity index (χ2v) is 42.6. The number of imidazole rings is 1. The average molecular weight is 2060 g/mol. The van der Waals surface area contributed by atoms with Crippen LogP contribution in [-0.2, 0) is 118 Å². The minimum absolute atomic E-state index is 0.00422. The minimum Gasteiger partial charge on any atom is -0.444 e. The highest BCUT2D eigenvalue weighted by atomic mass is 32.2. The molecule has 17 rings (SSSR count). The predicted molar refractivity (Wildman–Crippen MR) is 527 cm³/mol. The molecule has 4 N–H and O–H groups in total. The van der Waals surface area contributed by atoms with E-state index < -0.39 is 62.4 Å². The third-order valence-electron chi connectivity index (χ3n) is 26.8. The van der Waals surface area contributed by atoms with E-state index in [1.807, 2.05) is 54.3 Å². The fraction of sp³-hybridized carbons (Fsp3) is 0.444. The van der Waals surface area contributed by atoms with Gasteiger partial charge in [-0.2, -0.15) is 52.7 Å². The Morgan fingerprint density at radius 3 is 1.14 bits per heavy atom. The number of ether oxygens (including phenoxy) is 1. The van der Waals surface area contributed by atoms with E-state index in [9.17, 15) is 85.1 Å². The van der Waals surface area contributed by atoms with Crippen molar-refractivity contribution in [3.05, 3.63) is 319 Å². The molecule has 1 saturated heterocycles. The molecule has 6 aliphatic heterocycles. The monoisotopic (exact) mass is 2060 g/mol. The van der Waals surface area contributed by atoms with Gasteiger partial charge in [-0.1, -0.05) is 122 Å². The Hall–Kier alpha value is -12.9. The third kappa shape index (κ3) is 28.6. The number of amides is 5. The number of fused-ring (bicyclic) bond motifs is 5. The summed E-state index contributed by atoms with van der Waals surface area (Å²) in [7, 11) is -3.41. The van der Waals surface area contributed by atoms with Crippen LogP contribution in [0.15, 0.2) is 200 Å². The summed E-state index contributed by atoms with van der Waals surface area (Å²) < 4.78 is 189. The number of carbonyl (C=O) groups is 5. The lowest BCUT2D eigenvalue weighted by atomic mass is 9.97. The predicted octanol–water partition coefficient (Wildman–Crippen LogP) is 20.7. The topological polar surface area (TPSA) is 293 Å². The van der Waals surface area contributed by atoms with Crippen molar-refractivity contribution in [3.63, 3.8) is 0 Å². The van der Waals surface area contributed by atoms with Crippen LogP contribution in [0.25, 0.3) is 0 Å². The number of hydrogen-bond acceptors (Lipinski definition) is 19. The Morgan fingerprint density at radius 2 is 0.796 bits per heavy atom. The molecule has 26 nitrogen and oxygen atoms in total. The highest BCUT2D eigenvalue weighted by Gasteiger charge is 2.42. The first-order valence-corrected chi connectivity index (χ1v) is 51.1. The van der Waals surface area contributed by atoms with Crippen LogP contribution in [0, 0.1) is 29.6 Å². The number of aromatic nitrogens is 9. The van der Waals surface area contributed by atoms with Gasteiger partial charge in [0.05, 0.1) is 115 Å². The number of rotatable bonds is 29. The van der Waals surface area contributed by atoms with Gasteiger partial charge in [-0.05, 0) is 212 Å². The molecule has 0 radical (unpaired) electrons. The van der Waals surface area contributed by atoms with Crippen molar-refractivity contribution >= 4 is 39.6 Å². The molecule has 12 heterocycles. The van der Waals surface area contributed by atoms with E-state index >= 15 is 0 Å². The van der Waals surface area contributed by atoms with Crippen molar-refractivity contribution in [1.29, 1.82) is 0 Å². The maximum atomic E-state index is 13.0. The number of pyridine rings is 4. The largest absolute Gasteiger partial charge is 0.444 e. The molecular weight excluding hydrogens is 1940 g/mol. The van der Waals surface area contributed by atoms with Crippen molar-refractivity contribution in [2.24, 2.45) is 29.6 Å². The van der Waals surface area contributed by atoms with E-state index in [2.05, 4.69) is 131 Å². The molecule has 0 unspecified atom stereocenters. The van der Waals surface area contributed by atoms with Crippen LogP contribution in [0.2, 0.25) is 0 Å². The maximum absolute atomic E-state index is 13.0. The highest BCUT2D eigenvalue weighted by Crippen LogP contribution is 2.45. The molecule has 784 valence electrons. The number of halogens is 12. The number of benzene rings is 5. The molecule has 4 atom stereocenters. The number of sulfone groups is 1. The zero-order valence-electron chi connectivity index (χ0n) is 83.9. The van der Waals surface area contributed by atoms with Crippen molar-refractivity contribution in [1.82, 2.24) is 90.0 Å². The summed E-state index contributed by atoms with van der Waals surface area (Å²) in [6, 6.07) is 36.7. The second kappa shape index (κ2) is 47.1. The molecule has 0 saturated carbocycles. The highest BCUT2D eigenvalue weighted by molar-refractivity contribution is 7.91. The van der Waals surface area contributed by atoms with E-state index in [1.54, 1.807) is 72.4 Å². The van der Waals surface area contributed by atoms with Crippen LogP contribution in [0.4, 0.5) is 57.5 Å². The van der Waals surface area contributed by atoms with Crippen molar-refractivity contribution in [3.8, 4) is 0 Å². The molecule has 11 aromatic rings. The Morgan fingerprint density at radius 1 is 0.442 bits per heavy atom. The molecule has 147 heavy (non-hydrogen) atoms. The molecule has 0 spiro atoms. The molecule has 5 amide bonds. The number of likely N-dealkylation sites (tertiary alicyclic amines) is 1. The lowest BCUT2D eigenvalue weighted by molar-refractivity contribution is -0.138. The number of hydrogen-bond donors (Lipinski definition) is 4. The first-order chi connectivity index (χ1) is 69.6. The minimum atomic E-state index is -4.38. The van der Waals surface area contributed by atoms with Crippen LogP contribution in [-0.4, -0.2) is 151 Å². The van der Waals surface area contributed by atoms with Gasteiger partial charge in [0.2, 0.25) is 0 Å². The summed E-state index contributed by atoms with van der Waals surface area (Å²) in [5.41, 5.74) is 9.28. The Labute approximate surface area is 847 Å². The fourth-order valence-corrected chi connectivity index (χ4v) is 21.0. The maximum Gasteiger partial charge on any atom is 0.416 e. The summed E-state index contributed by atoms with van der Waals surface area (Å²) >= 11 is 0. The number of aryl methyl sites for hydroxylation is 2. The van der Waals surface area contributed by atoms with Gasteiger partial charge in [0.25, 0.3) is 23.6 Å². The Balaban J connectivity index is 0.000000155. The van der Waals surface area contributed by atoms with Crippen LogP contribution < -0.4 is 21.3 Å². The van der Waals surface area contributed by atoms with Crippen LogP contribution >= 0.6 is 0 Å². The molecule has 6 aromatic heterocycles. The Kier molecular flexibility index (Phi) is 35.2. The van der Waals surface area contributed by atoms with Crippen molar-refractivity contribution in [2.45, 2.75) is 246 Å². The van der Waals surface area contributed by atoms with E-state index in [-0.39, 0.29) is 107 Å². The number of piperidine rings is 1. The average Bonchev–Trinajstić information content (AvgIpc) is 1.64. The van der Waals surface area contributed by atoms with Gasteiger partial charge in [0.1, 0.15) is 11.4 Å². The van der Waals surface area contributed by atoms with Crippen LogP contribution in [0.5, 0.6) is 0 Å². The number of alkyl halides is 12. The SMILES string of the molecule is CC(C)[C@H]1c2ncc(C(=O)NCC3CCN(C(=O)OC(C)(C)C)CC3)cc2CN1Cc1ccc(C(F)(F)F)cc1.CC(C)[C@H]1c2ncc(C(=O)NCCCS(=O)(=O)c3ccccc3)cc2CN1Cc1ccc(C(F)(F)F)cc1.CC(C)[C@H]1c2ncc(C(=O)NCCCn3ccnc3)cc2CN1Cc1ccc(C(F)(F)F)cc1.CC(C)[C@H]1c2ncc(C(=O)NCc3nnc4n3CCC4)cc2CN1Cc1ccc(C(F)(F)F)cc1. The smallest absolute Gasteiger partial charge is 0.416 e. The summed E-state index contributed by atoms with van der Waals surface area (Å²) in [6.45, 7) is 30.9. The number of nitrogens with one attached hydrogen (secondary N) is 4. The third-order valence-corrected chi connectivity index (χ3v) is 28.6. The first-order valence-electron chi connectivity index (χ1n) is 49.4. The van der Waals surface area contributed by atoms with Gasteiger partial charge < -0.3 is 40.0 Å². The normalized spacial score (nSPS) is 17.1. The standard InChI is InChI=1S/C30H39F3N4O3.C28H30F3N3O3S.C25H27F3N6O.C25H28F3N5O/c1-19(2)26-25-23(18-37(26)17-21-6-8-24(9-7-21)30(31,32)33)14-22(16-34-25)27(38)35-15-20-10-12-36(13-11-20)28(39)40-29(3,4)5;1-19(2)26-25-22(18-34(26)17-20-9-11-23(12-10-20)28(29,30)31)15-21(16-33-25)27(35)32-13-6-14-38(36,37)24-7-4-3-5-8-24;1-15(2)23-22-18(14-33(23)13-16-5-7-19(8-6-16)25(26,27)28)10-17(11-29-22)24(35)30-12-21-32-31-20-4-3-9-34(20)21;1-17(2)23-22-20(15-33(23)14-18-4-6-21(7-5-18)25(26,27)28)12-19(13-31-22)24(34)30-8-3-10-32-11-9-29-16-32/h6-9,14,16,19-20,26H,10-13,15,17-18H2,1-5H3,(H,35,38);3-5,7-12,15-16,19,26H,6,13-14,17-18H2,1-2H3,(H,32,35);5-8,10-11,15,23H,3-4,9,12-14H2,1-2H3,(H,30,35);4-7,9,11-13,16-17,23H,3,8,10,14-15H2,1-2H3,(H,30,34)/t2*26-;2*23-/m0000/s1. The van der Waals surface area contributed by atoms with Crippen LogP contribution in [0.1, 0.15) is 275 Å². The molecule has 5 aromatic carbocycles. The van der Waals surface area contributed by atoms with Crippen molar-refractivity contribution in [2.75, 3.05) is 38.5 Å². The molecular formula is C108H124F12N18O8S. The van der Waals surface area contributed by atoms with Crippen molar-refractivity contribution < 1.29 is 89.8 Å². The summed E-state index contributed by atoms with van der Waals surface area (Å²) in [5, 5.41) is 20.0. The van der Waals surface area contributed by atoms with E-state index in [1.165, 1.54) is 54.7 Å². The van der Waals surface area contributed by atoms with E-state index in [0.29, 0.717) is 107 Å².